The number of hydrogen-bond donors (Lipinski definition) is 1. The Kier molecular flexibility index (Phi) is 4.32. The van der Waals surface area contributed by atoms with Crippen LogP contribution in [0.2, 0.25) is 0 Å². The van der Waals surface area contributed by atoms with Crippen LogP contribution in [0.4, 0.5) is 0 Å². The molecule has 0 amide bonds. The van der Waals surface area contributed by atoms with Gasteiger partial charge in [-0.1, -0.05) is 17.7 Å². The third-order valence-electron chi connectivity index (χ3n) is 5.85. The first kappa shape index (κ1) is 17.2. The molecule has 4 rings (SSSR count). The normalized spacial score (nSPS) is 26.0. The number of carboxylic acid groups (broad SMARTS) is 1. The van der Waals surface area contributed by atoms with Crippen LogP contribution < -0.4 is 0 Å². The quantitative estimate of drug-likeness (QED) is 0.912. The molecule has 2 aliphatic heterocycles. The highest BCUT2D eigenvalue weighted by Gasteiger charge is 2.53. The van der Waals surface area contributed by atoms with Gasteiger partial charge in [0, 0.05) is 44.6 Å². The van der Waals surface area contributed by atoms with Crippen LogP contribution in [0, 0.1) is 25.2 Å². The Balaban J connectivity index is 1.65. The van der Waals surface area contributed by atoms with E-state index in [1.165, 1.54) is 16.7 Å². The van der Waals surface area contributed by atoms with Gasteiger partial charge in [0.15, 0.2) is 0 Å². The molecular weight excluding hydrogens is 330 g/mol. The molecule has 0 bridgehead atoms. The zero-order valence-electron chi connectivity index (χ0n) is 15.3. The summed E-state index contributed by atoms with van der Waals surface area (Å²) in [5.41, 5.74) is 4.00. The Morgan fingerprint density at radius 1 is 1.42 bits per heavy atom. The van der Waals surface area contributed by atoms with Gasteiger partial charge in [-0.3, -0.25) is 9.69 Å². The molecule has 1 N–H and O–H groups in total. The first-order chi connectivity index (χ1) is 12.5. The fraction of sp³-hybridized carbons (Fsp3) is 0.500. The minimum atomic E-state index is -0.680. The van der Waals surface area contributed by atoms with Crippen LogP contribution >= 0.6 is 0 Å². The SMILES string of the molecule is Cc1cc(C)c(-n2cccn2)c(CN2C[C@@H]3COCC[C@]3(C(=O)O)C2)c1. The van der Waals surface area contributed by atoms with Crippen LogP contribution in [0.1, 0.15) is 23.1 Å². The molecule has 2 aromatic rings. The van der Waals surface area contributed by atoms with Crippen molar-refractivity contribution in [3.63, 3.8) is 0 Å². The maximum absolute atomic E-state index is 12.0. The molecule has 0 saturated carbocycles. The van der Waals surface area contributed by atoms with E-state index in [-0.39, 0.29) is 5.92 Å². The third kappa shape index (κ3) is 2.83. The molecule has 6 nitrogen and oxygen atoms in total. The molecule has 2 aliphatic rings. The van der Waals surface area contributed by atoms with Crippen LogP contribution in [0.5, 0.6) is 0 Å². The fourth-order valence-corrected chi connectivity index (χ4v) is 4.66. The highest BCUT2D eigenvalue weighted by Crippen LogP contribution is 2.43. The lowest BCUT2D eigenvalue weighted by molar-refractivity contribution is -0.157. The van der Waals surface area contributed by atoms with Gasteiger partial charge in [0.05, 0.1) is 17.7 Å². The molecule has 6 heteroatoms. The van der Waals surface area contributed by atoms with Crippen molar-refractivity contribution in [2.24, 2.45) is 11.3 Å². The minimum absolute atomic E-state index is 0.0628. The van der Waals surface area contributed by atoms with E-state index in [0.717, 1.165) is 18.8 Å². The Morgan fingerprint density at radius 3 is 2.96 bits per heavy atom. The summed E-state index contributed by atoms with van der Waals surface area (Å²) in [6, 6.07) is 6.27. The van der Waals surface area contributed by atoms with Crippen molar-refractivity contribution in [1.29, 1.82) is 0 Å². The van der Waals surface area contributed by atoms with Crippen molar-refractivity contribution in [2.45, 2.75) is 26.8 Å². The molecule has 1 aromatic heterocycles. The number of carbonyl (C=O) groups is 1. The number of hydrogen-bond acceptors (Lipinski definition) is 4. The van der Waals surface area contributed by atoms with Gasteiger partial charge in [-0.05, 0) is 37.5 Å². The number of aliphatic carboxylic acids is 1. The van der Waals surface area contributed by atoms with Gasteiger partial charge in [-0.2, -0.15) is 5.10 Å². The maximum Gasteiger partial charge on any atom is 0.311 e. The number of benzene rings is 1. The van der Waals surface area contributed by atoms with Gasteiger partial charge in [0.2, 0.25) is 0 Å². The smallest absolute Gasteiger partial charge is 0.311 e. The number of aromatic nitrogens is 2. The van der Waals surface area contributed by atoms with Crippen molar-refractivity contribution in [2.75, 3.05) is 26.3 Å². The Labute approximate surface area is 153 Å². The Morgan fingerprint density at radius 2 is 2.27 bits per heavy atom. The van der Waals surface area contributed by atoms with Gasteiger partial charge >= 0.3 is 5.97 Å². The summed E-state index contributed by atoms with van der Waals surface area (Å²) >= 11 is 0. The van der Waals surface area contributed by atoms with E-state index >= 15 is 0 Å². The van der Waals surface area contributed by atoms with E-state index in [0.29, 0.717) is 26.2 Å². The molecule has 2 atom stereocenters. The number of carboxylic acids is 1. The van der Waals surface area contributed by atoms with Crippen molar-refractivity contribution < 1.29 is 14.6 Å². The van der Waals surface area contributed by atoms with Crippen molar-refractivity contribution in [3.8, 4) is 5.69 Å². The first-order valence-electron chi connectivity index (χ1n) is 9.13. The van der Waals surface area contributed by atoms with Crippen LogP contribution in [0.3, 0.4) is 0 Å². The predicted octanol–water partition coefficient (Wildman–Crippen LogP) is 2.41. The van der Waals surface area contributed by atoms with Crippen LogP contribution in [0.25, 0.3) is 5.69 Å². The number of likely N-dealkylation sites (tertiary alicyclic amines) is 1. The van der Waals surface area contributed by atoms with E-state index in [1.54, 1.807) is 6.20 Å². The average Bonchev–Trinajstić information content (AvgIpc) is 3.21. The minimum Gasteiger partial charge on any atom is -0.481 e. The molecule has 0 aliphatic carbocycles. The number of fused-ring (bicyclic) bond motifs is 1. The van der Waals surface area contributed by atoms with Gasteiger partial charge in [-0.15, -0.1) is 0 Å². The largest absolute Gasteiger partial charge is 0.481 e. The molecular formula is C20H25N3O3. The molecule has 0 radical (unpaired) electrons. The molecule has 3 heterocycles. The predicted molar refractivity (Wildman–Crippen MR) is 97.3 cm³/mol. The summed E-state index contributed by atoms with van der Waals surface area (Å²) in [6.45, 7) is 7.35. The lowest BCUT2D eigenvalue weighted by Crippen LogP contribution is -2.44. The molecule has 0 unspecified atom stereocenters. The van der Waals surface area contributed by atoms with E-state index in [9.17, 15) is 9.90 Å². The number of ether oxygens (including phenoxy) is 1. The van der Waals surface area contributed by atoms with Crippen LogP contribution in [0.15, 0.2) is 30.6 Å². The molecule has 138 valence electrons. The van der Waals surface area contributed by atoms with E-state index in [2.05, 4.69) is 36.0 Å². The lowest BCUT2D eigenvalue weighted by atomic mass is 9.74. The second-order valence-electron chi connectivity index (χ2n) is 7.69. The molecule has 2 saturated heterocycles. The molecule has 26 heavy (non-hydrogen) atoms. The molecule has 1 aromatic carbocycles. The highest BCUT2D eigenvalue weighted by molar-refractivity contribution is 5.76. The zero-order chi connectivity index (χ0) is 18.3. The second kappa shape index (κ2) is 6.52. The first-order valence-corrected chi connectivity index (χ1v) is 9.13. The second-order valence-corrected chi connectivity index (χ2v) is 7.69. The monoisotopic (exact) mass is 355 g/mol. The lowest BCUT2D eigenvalue weighted by Gasteiger charge is -2.34. The molecule has 2 fully saturated rings. The number of nitrogens with zero attached hydrogens (tertiary/aromatic N) is 3. The summed E-state index contributed by atoms with van der Waals surface area (Å²) in [5.74, 6) is -0.617. The zero-order valence-corrected chi connectivity index (χ0v) is 15.3. The standard InChI is InChI=1S/C20H25N3O3/c1-14-8-15(2)18(23-6-3-5-21-23)16(9-14)10-22-11-17-12-26-7-4-20(17,13-22)19(24)25/h3,5-6,8-9,17H,4,7,10-13H2,1-2H3,(H,24,25)/t17-,20+/m1/s1. The summed E-state index contributed by atoms with van der Waals surface area (Å²) in [5, 5.41) is 14.3. The van der Waals surface area contributed by atoms with Gasteiger partial charge in [0.25, 0.3) is 0 Å². The summed E-state index contributed by atoms with van der Waals surface area (Å²) in [7, 11) is 0. The number of aryl methyl sites for hydroxylation is 2. The summed E-state index contributed by atoms with van der Waals surface area (Å²) in [6.07, 6.45) is 4.34. The molecule has 0 spiro atoms. The van der Waals surface area contributed by atoms with Crippen molar-refractivity contribution in [3.05, 3.63) is 47.3 Å². The van der Waals surface area contributed by atoms with E-state index in [1.807, 2.05) is 16.9 Å². The van der Waals surface area contributed by atoms with E-state index < -0.39 is 11.4 Å². The summed E-state index contributed by atoms with van der Waals surface area (Å²) in [4.78, 5) is 14.3. The Hall–Kier alpha value is -2.18. The Bertz CT molecular complexity index is 818. The third-order valence-corrected chi connectivity index (χ3v) is 5.85. The van der Waals surface area contributed by atoms with Gasteiger partial charge in [0.1, 0.15) is 0 Å². The van der Waals surface area contributed by atoms with Crippen molar-refractivity contribution in [1.82, 2.24) is 14.7 Å². The number of rotatable bonds is 4. The average molecular weight is 355 g/mol. The fourth-order valence-electron chi connectivity index (χ4n) is 4.66. The van der Waals surface area contributed by atoms with E-state index in [4.69, 9.17) is 4.74 Å². The highest BCUT2D eigenvalue weighted by atomic mass is 16.5. The van der Waals surface area contributed by atoms with Crippen LogP contribution in [-0.2, 0) is 16.1 Å². The topological polar surface area (TPSA) is 67.6 Å². The van der Waals surface area contributed by atoms with Gasteiger partial charge < -0.3 is 9.84 Å². The summed E-state index contributed by atoms with van der Waals surface area (Å²) < 4.78 is 7.48. The van der Waals surface area contributed by atoms with Crippen molar-refractivity contribution >= 4 is 5.97 Å². The maximum atomic E-state index is 12.0. The van der Waals surface area contributed by atoms with Crippen LogP contribution in [-0.4, -0.2) is 52.1 Å². The van der Waals surface area contributed by atoms with Gasteiger partial charge in [-0.25, -0.2) is 4.68 Å².